The molecule has 1 unspecified atom stereocenters. The molecule has 1 N–H and O–H groups in total. The number of hydrogen-bond acceptors (Lipinski definition) is 4. The van der Waals surface area contributed by atoms with Crippen molar-refractivity contribution >= 4 is 0 Å². The smallest absolute Gasteiger partial charge is 0.227 e. The third kappa shape index (κ3) is 2.16. The second kappa shape index (κ2) is 4.46. The van der Waals surface area contributed by atoms with Crippen LogP contribution in [-0.4, -0.2) is 22.7 Å². The highest BCUT2D eigenvalue weighted by molar-refractivity contribution is 5.43. The molecule has 0 amide bonds. The summed E-state index contributed by atoms with van der Waals surface area (Å²) in [4.78, 5) is 4.53. The van der Waals surface area contributed by atoms with Gasteiger partial charge < -0.3 is 9.84 Å². The van der Waals surface area contributed by atoms with Crippen molar-refractivity contribution in [2.45, 2.75) is 37.6 Å². The van der Waals surface area contributed by atoms with Gasteiger partial charge in [0, 0.05) is 19.0 Å². The van der Waals surface area contributed by atoms with Gasteiger partial charge in [-0.15, -0.1) is 0 Å². The van der Waals surface area contributed by atoms with E-state index in [1.165, 1.54) is 24.0 Å². The minimum atomic E-state index is 0.338. The Morgan fingerprint density at radius 3 is 3.00 bits per heavy atom. The fraction of sp³-hybridized carbons (Fsp3) is 0.467. The monoisotopic (exact) mass is 255 g/mol. The van der Waals surface area contributed by atoms with Gasteiger partial charge in [0.2, 0.25) is 5.89 Å². The van der Waals surface area contributed by atoms with Crippen LogP contribution in [0, 0.1) is 0 Å². The molecule has 2 aromatic rings. The van der Waals surface area contributed by atoms with E-state index in [-0.39, 0.29) is 0 Å². The Balaban J connectivity index is 1.41. The van der Waals surface area contributed by atoms with Crippen LogP contribution in [0.2, 0.25) is 0 Å². The van der Waals surface area contributed by atoms with Gasteiger partial charge in [-0.3, -0.25) is 0 Å². The molecule has 19 heavy (non-hydrogen) atoms. The number of benzene rings is 1. The zero-order chi connectivity index (χ0) is 12.7. The Bertz CT molecular complexity index is 589. The molecular weight excluding hydrogens is 238 g/mol. The molecule has 1 fully saturated rings. The maximum atomic E-state index is 5.34. The first-order chi connectivity index (χ1) is 9.40. The first-order valence-electron chi connectivity index (χ1n) is 7.04. The van der Waals surface area contributed by atoms with Gasteiger partial charge in [0.15, 0.2) is 5.82 Å². The molecule has 2 aliphatic rings. The van der Waals surface area contributed by atoms with Crippen LogP contribution in [0.5, 0.6) is 0 Å². The molecule has 4 rings (SSSR count). The van der Waals surface area contributed by atoms with E-state index < -0.39 is 0 Å². The van der Waals surface area contributed by atoms with Gasteiger partial charge in [-0.1, -0.05) is 29.4 Å². The standard InChI is InChI=1S/C15H17N3O/c1-2-4-12-10(3-1)9-13(12)15-17-14(19-18-15)7-8-16-11-5-6-11/h1-4,11,13,16H,5-9H2. The summed E-state index contributed by atoms with van der Waals surface area (Å²) < 4.78 is 5.34. The number of hydrogen-bond donors (Lipinski definition) is 1. The molecule has 0 spiro atoms. The molecule has 1 heterocycles. The van der Waals surface area contributed by atoms with E-state index in [0.717, 1.165) is 37.1 Å². The van der Waals surface area contributed by atoms with E-state index in [4.69, 9.17) is 4.52 Å². The molecule has 98 valence electrons. The van der Waals surface area contributed by atoms with Gasteiger partial charge >= 0.3 is 0 Å². The van der Waals surface area contributed by atoms with E-state index in [0.29, 0.717) is 5.92 Å². The predicted molar refractivity (Wildman–Crippen MR) is 71.0 cm³/mol. The van der Waals surface area contributed by atoms with Gasteiger partial charge in [-0.2, -0.15) is 4.98 Å². The van der Waals surface area contributed by atoms with Crippen LogP contribution in [0.25, 0.3) is 0 Å². The molecule has 1 atom stereocenters. The van der Waals surface area contributed by atoms with Crippen molar-refractivity contribution in [3.8, 4) is 0 Å². The quantitative estimate of drug-likeness (QED) is 0.888. The van der Waals surface area contributed by atoms with Crippen molar-refractivity contribution in [2.24, 2.45) is 0 Å². The summed E-state index contributed by atoms with van der Waals surface area (Å²) in [6.45, 7) is 0.938. The summed E-state index contributed by atoms with van der Waals surface area (Å²) in [6.07, 6.45) is 4.50. The number of rotatable bonds is 5. The van der Waals surface area contributed by atoms with Crippen LogP contribution in [-0.2, 0) is 12.8 Å². The lowest BCUT2D eigenvalue weighted by Gasteiger charge is -2.27. The van der Waals surface area contributed by atoms with Gasteiger partial charge in [-0.05, 0) is 30.4 Å². The lowest BCUT2D eigenvalue weighted by molar-refractivity contribution is 0.367. The highest BCUT2D eigenvalue weighted by Crippen LogP contribution is 2.38. The zero-order valence-electron chi connectivity index (χ0n) is 10.8. The van der Waals surface area contributed by atoms with Crippen LogP contribution in [0.1, 0.15) is 41.6 Å². The normalized spacial score (nSPS) is 20.9. The lowest BCUT2D eigenvalue weighted by Crippen LogP contribution is -2.20. The molecule has 0 aliphatic heterocycles. The molecule has 1 aromatic heterocycles. The molecule has 0 radical (unpaired) electrons. The fourth-order valence-electron chi connectivity index (χ4n) is 2.67. The summed E-state index contributed by atoms with van der Waals surface area (Å²) in [6, 6.07) is 9.23. The SMILES string of the molecule is c1ccc2c(c1)CC2c1noc(CCNC2CC2)n1. The highest BCUT2D eigenvalue weighted by Gasteiger charge is 2.30. The minimum Gasteiger partial charge on any atom is -0.339 e. The number of nitrogens with zero attached hydrogens (tertiary/aromatic N) is 2. The van der Waals surface area contributed by atoms with Gasteiger partial charge in [0.1, 0.15) is 0 Å². The fourth-order valence-corrected chi connectivity index (χ4v) is 2.67. The van der Waals surface area contributed by atoms with Crippen LogP contribution in [0.15, 0.2) is 28.8 Å². The Morgan fingerprint density at radius 1 is 1.26 bits per heavy atom. The summed E-state index contributed by atoms with van der Waals surface area (Å²) in [5.41, 5.74) is 2.76. The highest BCUT2D eigenvalue weighted by atomic mass is 16.5. The second-order valence-corrected chi connectivity index (χ2v) is 5.48. The van der Waals surface area contributed by atoms with Crippen molar-refractivity contribution in [1.29, 1.82) is 0 Å². The van der Waals surface area contributed by atoms with Crippen LogP contribution in [0.3, 0.4) is 0 Å². The first-order valence-corrected chi connectivity index (χ1v) is 7.04. The molecular formula is C15H17N3O. The number of fused-ring (bicyclic) bond motifs is 1. The van der Waals surface area contributed by atoms with E-state index in [1.54, 1.807) is 0 Å². The molecule has 1 aromatic carbocycles. The van der Waals surface area contributed by atoms with Crippen molar-refractivity contribution in [1.82, 2.24) is 15.5 Å². The molecule has 0 bridgehead atoms. The Kier molecular flexibility index (Phi) is 2.62. The summed E-state index contributed by atoms with van der Waals surface area (Å²) in [5.74, 6) is 1.94. The zero-order valence-corrected chi connectivity index (χ0v) is 10.8. The maximum Gasteiger partial charge on any atom is 0.227 e. The van der Waals surface area contributed by atoms with E-state index in [9.17, 15) is 0 Å². The van der Waals surface area contributed by atoms with Crippen LogP contribution < -0.4 is 5.32 Å². The number of aromatic nitrogens is 2. The van der Waals surface area contributed by atoms with Gasteiger partial charge in [0.25, 0.3) is 0 Å². The van der Waals surface area contributed by atoms with E-state index in [1.807, 2.05) is 0 Å². The van der Waals surface area contributed by atoms with Crippen molar-refractivity contribution in [3.63, 3.8) is 0 Å². The molecule has 0 saturated heterocycles. The van der Waals surface area contributed by atoms with Gasteiger partial charge in [-0.25, -0.2) is 0 Å². The average Bonchev–Trinajstić information content (AvgIpc) is 3.10. The van der Waals surface area contributed by atoms with Crippen LogP contribution >= 0.6 is 0 Å². The van der Waals surface area contributed by atoms with Crippen LogP contribution in [0.4, 0.5) is 0 Å². The Morgan fingerprint density at radius 2 is 2.16 bits per heavy atom. The molecule has 1 saturated carbocycles. The second-order valence-electron chi connectivity index (χ2n) is 5.48. The van der Waals surface area contributed by atoms with Crippen molar-refractivity contribution in [3.05, 3.63) is 47.1 Å². The van der Waals surface area contributed by atoms with Crippen molar-refractivity contribution < 1.29 is 4.52 Å². The summed E-state index contributed by atoms with van der Waals surface area (Å²) in [5, 5.41) is 7.60. The lowest BCUT2D eigenvalue weighted by atomic mass is 9.77. The molecule has 2 aliphatic carbocycles. The molecule has 4 heteroatoms. The van der Waals surface area contributed by atoms with E-state index in [2.05, 4.69) is 39.7 Å². The summed E-state index contributed by atoms with van der Waals surface area (Å²) >= 11 is 0. The third-order valence-electron chi connectivity index (χ3n) is 4.00. The topological polar surface area (TPSA) is 51.0 Å². The van der Waals surface area contributed by atoms with Crippen molar-refractivity contribution in [2.75, 3.05) is 6.54 Å². The average molecular weight is 255 g/mol. The number of nitrogens with one attached hydrogen (secondary N) is 1. The largest absolute Gasteiger partial charge is 0.339 e. The Hall–Kier alpha value is -1.68. The first kappa shape index (κ1) is 11.2. The van der Waals surface area contributed by atoms with E-state index >= 15 is 0 Å². The predicted octanol–water partition coefficient (Wildman–Crippen LogP) is 2.05. The third-order valence-corrected chi connectivity index (χ3v) is 4.00. The molecule has 4 nitrogen and oxygen atoms in total. The summed E-state index contributed by atoms with van der Waals surface area (Å²) in [7, 11) is 0. The Labute approximate surface area is 112 Å². The maximum absolute atomic E-state index is 5.34. The van der Waals surface area contributed by atoms with Gasteiger partial charge in [0.05, 0.1) is 5.92 Å². The minimum absolute atomic E-state index is 0.338.